The van der Waals surface area contributed by atoms with Gasteiger partial charge in [-0.1, -0.05) is 0 Å². The van der Waals surface area contributed by atoms with Gasteiger partial charge in [0, 0.05) is 13.1 Å². The van der Waals surface area contributed by atoms with Gasteiger partial charge in [-0.25, -0.2) is 9.59 Å². The molecule has 1 amide bonds. The maximum Gasteiger partial charge on any atom is 0.359 e. The molecule has 0 bridgehead atoms. The van der Waals surface area contributed by atoms with Crippen LogP contribution in [0.5, 0.6) is 0 Å². The van der Waals surface area contributed by atoms with Crippen LogP contribution in [-0.2, 0) is 14.3 Å². The van der Waals surface area contributed by atoms with Gasteiger partial charge in [-0.3, -0.25) is 4.79 Å². The third kappa shape index (κ3) is 4.59. The van der Waals surface area contributed by atoms with Gasteiger partial charge in [-0.15, -0.1) is 21.5 Å². The molecule has 3 rings (SSSR count). The zero-order chi connectivity index (χ0) is 19.2. The molecule has 2 aromatic heterocycles. The summed E-state index contributed by atoms with van der Waals surface area (Å²) in [4.78, 5) is 37.9. The summed E-state index contributed by atoms with van der Waals surface area (Å²) in [5.74, 6) is -1.15. The molecule has 0 saturated carbocycles. The second-order valence-corrected chi connectivity index (χ2v) is 6.67. The Bertz CT molecular complexity index is 830. The molecule has 2 aromatic rings. The van der Waals surface area contributed by atoms with Crippen molar-refractivity contribution in [2.75, 3.05) is 37.0 Å². The van der Waals surface area contributed by atoms with Crippen molar-refractivity contribution in [3.8, 4) is 0 Å². The maximum atomic E-state index is 12.0. The summed E-state index contributed by atoms with van der Waals surface area (Å²) >= 11 is 1.14. The lowest BCUT2D eigenvalue weighted by Crippen LogP contribution is -2.23. The monoisotopic (exact) mass is 390 g/mol. The van der Waals surface area contributed by atoms with Crippen LogP contribution in [0.2, 0.25) is 0 Å². The summed E-state index contributed by atoms with van der Waals surface area (Å²) in [6.45, 7) is 1.34. The lowest BCUT2D eigenvalue weighted by Gasteiger charge is -2.15. The van der Waals surface area contributed by atoms with Crippen LogP contribution in [0.3, 0.4) is 0 Å². The van der Waals surface area contributed by atoms with E-state index in [0.29, 0.717) is 5.69 Å². The van der Waals surface area contributed by atoms with Crippen molar-refractivity contribution in [2.24, 2.45) is 0 Å². The molecule has 27 heavy (non-hydrogen) atoms. The average molecular weight is 390 g/mol. The van der Waals surface area contributed by atoms with Crippen LogP contribution in [0.4, 0.5) is 11.5 Å². The van der Waals surface area contributed by atoms with Gasteiger partial charge in [0.05, 0.1) is 12.8 Å². The normalized spacial score (nSPS) is 13.3. The number of carbonyl (C=O) groups excluding carboxylic acids is 3. The highest BCUT2D eigenvalue weighted by Gasteiger charge is 2.18. The highest BCUT2D eigenvalue weighted by molar-refractivity contribution is 7.12. The third-order valence-corrected chi connectivity index (χ3v) is 4.83. The minimum absolute atomic E-state index is 0.0246. The first-order valence-electron chi connectivity index (χ1n) is 8.30. The molecule has 0 spiro atoms. The van der Waals surface area contributed by atoms with E-state index in [2.05, 4.69) is 25.2 Å². The molecular formula is C17H18N4O5S. The summed E-state index contributed by atoms with van der Waals surface area (Å²) in [6.07, 6.45) is 2.23. The number of aromatic nitrogens is 2. The number of hydrogen-bond acceptors (Lipinski definition) is 9. The molecule has 0 atom stereocenters. The number of nitrogens with one attached hydrogen (secondary N) is 1. The van der Waals surface area contributed by atoms with Crippen molar-refractivity contribution < 1.29 is 23.9 Å². The summed E-state index contributed by atoms with van der Waals surface area (Å²) in [6, 6.07) is 4.80. The van der Waals surface area contributed by atoms with Gasteiger partial charge in [-0.2, -0.15) is 0 Å². The van der Waals surface area contributed by atoms with E-state index in [0.717, 1.165) is 43.1 Å². The Hall–Kier alpha value is -3.01. The highest BCUT2D eigenvalue weighted by Crippen LogP contribution is 2.23. The van der Waals surface area contributed by atoms with E-state index in [9.17, 15) is 14.4 Å². The fourth-order valence-electron chi connectivity index (χ4n) is 2.60. The maximum absolute atomic E-state index is 12.0. The Labute approximate surface area is 159 Å². The Morgan fingerprint density at radius 3 is 2.59 bits per heavy atom. The summed E-state index contributed by atoms with van der Waals surface area (Å²) in [5, 5.41) is 12.1. The zero-order valence-corrected chi connectivity index (χ0v) is 15.5. The minimum atomic E-state index is -0.746. The number of esters is 2. The molecule has 1 aliphatic heterocycles. The average Bonchev–Trinajstić information content (AvgIpc) is 3.38. The predicted molar refractivity (Wildman–Crippen MR) is 98.0 cm³/mol. The standard InChI is InChI=1S/C17H18N4O5S/c1-25-17(24)15-11(6-9-27-15)18-14(22)10-26-16(23)12-4-5-13(20-19-12)21-7-2-3-8-21/h4-6,9H,2-3,7-8,10H2,1H3,(H,18,22). The van der Waals surface area contributed by atoms with Crippen molar-refractivity contribution in [1.29, 1.82) is 0 Å². The summed E-state index contributed by atoms with van der Waals surface area (Å²) < 4.78 is 9.59. The Kier molecular flexibility index (Phi) is 5.97. The largest absolute Gasteiger partial charge is 0.465 e. The van der Waals surface area contributed by atoms with Gasteiger partial charge >= 0.3 is 11.9 Å². The topological polar surface area (TPSA) is 111 Å². The van der Waals surface area contributed by atoms with Crippen LogP contribution in [0.25, 0.3) is 0 Å². The van der Waals surface area contributed by atoms with Gasteiger partial charge in [0.1, 0.15) is 4.88 Å². The number of hydrogen-bond donors (Lipinski definition) is 1. The fraction of sp³-hybridized carbons (Fsp3) is 0.353. The van der Waals surface area contributed by atoms with E-state index in [4.69, 9.17) is 4.74 Å². The molecule has 10 heteroatoms. The van der Waals surface area contributed by atoms with Gasteiger partial charge in [0.2, 0.25) is 0 Å². The number of carbonyl (C=O) groups is 3. The SMILES string of the molecule is COC(=O)c1sccc1NC(=O)COC(=O)c1ccc(N2CCCC2)nn1. The number of amides is 1. The summed E-state index contributed by atoms with van der Waals surface area (Å²) in [7, 11) is 1.26. The predicted octanol–water partition coefficient (Wildman–Crippen LogP) is 1.72. The minimum Gasteiger partial charge on any atom is -0.465 e. The van der Waals surface area contributed by atoms with Crippen molar-refractivity contribution >= 4 is 40.7 Å². The first-order valence-corrected chi connectivity index (χ1v) is 9.18. The lowest BCUT2D eigenvalue weighted by molar-refractivity contribution is -0.119. The van der Waals surface area contributed by atoms with E-state index >= 15 is 0 Å². The number of nitrogens with zero attached hydrogens (tertiary/aromatic N) is 3. The smallest absolute Gasteiger partial charge is 0.359 e. The van der Waals surface area contributed by atoms with E-state index < -0.39 is 24.5 Å². The molecular weight excluding hydrogens is 372 g/mol. The van der Waals surface area contributed by atoms with Gasteiger partial charge < -0.3 is 19.7 Å². The van der Waals surface area contributed by atoms with E-state index in [1.54, 1.807) is 17.5 Å². The Balaban J connectivity index is 1.52. The van der Waals surface area contributed by atoms with E-state index in [1.165, 1.54) is 13.2 Å². The van der Waals surface area contributed by atoms with Crippen molar-refractivity contribution in [1.82, 2.24) is 10.2 Å². The third-order valence-electron chi connectivity index (χ3n) is 3.93. The van der Waals surface area contributed by atoms with E-state index in [-0.39, 0.29) is 10.6 Å². The second kappa shape index (κ2) is 8.58. The fourth-order valence-corrected chi connectivity index (χ4v) is 3.36. The zero-order valence-electron chi connectivity index (χ0n) is 14.6. The number of thiophene rings is 1. The Morgan fingerprint density at radius 2 is 1.93 bits per heavy atom. The number of ether oxygens (including phenoxy) is 2. The molecule has 0 unspecified atom stereocenters. The first kappa shape index (κ1) is 18.8. The Morgan fingerprint density at radius 1 is 1.15 bits per heavy atom. The molecule has 1 aliphatic rings. The van der Waals surface area contributed by atoms with Crippen LogP contribution in [0, 0.1) is 0 Å². The number of rotatable bonds is 6. The van der Waals surface area contributed by atoms with Gasteiger partial charge in [-0.05, 0) is 36.4 Å². The van der Waals surface area contributed by atoms with Crippen LogP contribution in [0.15, 0.2) is 23.6 Å². The highest BCUT2D eigenvalue weighted by atomic mass is 32.1. The van der Waals surface area contributed by atoms with Crippen molar-refractivity contribution in [3.63, 3.8) is 0 Å². The van der Waals surface area contributed by atoms with Crippen molar-refractivity contribution in [2.45, 2.75) is 12.8 Å². The number of anilines is 2. The number of methoxy groups -OCH3 is 1. The molecule has 1 fully saturated rings. The molecule has 0 aliphatic carbocycles. The van der Waals surface area contributed by atoms with Crippen LogP contribution < -0.4 is 10.2 Å². The second-order valence-electron chi connectivity index (χ2n) is 5.75. The van der Waals surface area contributed by atoms with Gasteiger partial charge in [0.25, 0.3) is 5.91 Å². The van der Waals surface area contributed by atoms with Crippen molar-refractivity contribution in [3.05, 3.63) is 34.2 Å². The molecule has 0 aromatic carbocycles. The van der Waals surface area contributed by atoms with Crippen LogP contribution in [0.1, 0.15) is 33.0 Å². The van der Waals surface area contributed by atoms with Gasteiger partial charge in [0.15, 0.2) is 18.1 Å². The van der Waals surface area contributed by atoms with Crippen LogP contribution >= 0.6 is 11.3 Å². The first-order chi connectivity index (χ1) is 13.1. The molecule has 0 radical (unpaired) electrons. The molecule has 1 saturated heterocycles. The molecule has 1 N–H and O–H groups in total. The lowest BCUT2D eigenvalue weighted by atomic mass is 10.3. The quantitative estimate of drug-likeness (QED) is 0.743. The summed E-state index contributed by atoms with van der Waals surface area (Å²) in [5.41, 5.74) is 0.333. The molecule has 142 valence electrons. The molecule has 3 heterocycles. The molecule has 9 nitrogen and oxygen atoms in total. The van der Waals surface area contributed by atoms with Crippen LogP contribution in [-0.4, -0.2) is 54.8 Å². The van der Waals surface area contributed by atoms with E-state index in [1.807, 2.05) is 0 Å².